The molecule has 5 nitrogen and oxygen atoms in total. The molecule has 0 aliphatic carbocycles. The van der Waals surface area contributed by atoms with Crippen LogP contribution in [0, 0.1) is 0 Å². The van der Waals surface area contributed by atoms with Gasteiger partial charge >= 0.3 is 6.18 Å². The molecule has 1 fully saturated rings. The molecular weight excluding hydrogens is 369 g/mol. The topological polar surface area (TPSA) is 58.1 Å². The molecule has 1 N–H and O–H groups in total. The molecule has 0 unspecified atom stereocenters. The van der Waals surface area contributed by atoms with E-state index in [1.165, 1.54) is 12.4 Å². The summed E-state index contributed by atoms with van der Waals surface area (Å²) in [6, 6.07) is 4.28. The summed E-state index contributed by atoms with van der Waals surface area (Å²) in [6.07, 6.45) is -0.00721. The highest BCUT2D eigenvalue weighted by Gasteiger charge is 2.31. The Morgan fingerprint density at radius 3 is 2.54 bits per heavy atom. The predicted octanol–water partition coefficient (Wildman–Crippen LogP) is 4.39. The number of carbonyl (C=O) groups is 1. The fourth-order valence-corrected chi connectivity index (χ4v) is 2.92. The van der Waals surface area contributed by atoms with Crippen LogP contribution >= 0.6 is 11.6 Å². The molecular formula is C17H16ClF3N4O. The zero-order chi connectivity index (χ0) is 18.7. The lowest BCUT2D eigenvalue weighted by Gasteiger charge is -2.27. The van der Waals surface area contributed by atoms with Crippen molar-refractivity contribution in [3.8, 4) is 0 Å². The largest absolute Gasteiger partial charge is 0.416 e. The van der Waals surface area contributed by atoms with Crippen molar-refractivity contribution in [1.82, 2.24) is 9.97 Å². The number of carbonyl (C=O) groups excluding carboxylic acids is 1. The van der Waals surface area contributed by atoms with Crippen LogP contribution in [0.2, 0.25) is 5.02 Å². The van der Waals surface area contributed by atoms with Gasteiger partial charge in [0.1, 0.15) is 17.8 Å². The van der Waals surface area contributed by atoms with Gasteiger partial charge in [-0.1, -0.05) is 11.6 Å². The van der Waals surface area contributed by atoms with Crippen LogP contribution in [0.1, 0.15) is 35.3 Å². The lowest BCUT2D eigenvalue weighted by Crippen LogP contribution is -2.30. The maximum atomic E-state index is 12.8. The average molecular weight is 385 g/mol. The van der Waals surface area contributed by atoms with Crippen LogP contribution in [0.15, 0.2) is 30.6 Å². The fourth-order valence-electron chi connectivity index (χ4n) is 2.75. The third kappa shape index (κ3) is 4.24. The molecule has 1 amide bonds. The number of halogens is 4. The van der Waals surface area contributed by atoms with E-state index in [0.717, 1.165) is 50.6 Å². The van der Waals surface area contributed by atoms with Crippen molar-refractivity contribution in [3.63, 3.8) is 0 Å². The zero-order valence-electron chi connectivity index (χ0n) is 13.7. The molecule has 2 aromatic rings. The third-order valence-corrected chi connectivity index (χ3v) is 4.44. The summed E-state index contributed by atoms with van der Waals surface area (Å²) in [5, 5.41) is 2.40. The van der Waals surface area contributed by atoms with Gasteiger partial charge in [-0.25, -0.2) is 9.97 Å². The SMILES string of the molecule is O=C(Nc1cc(C(F)(F)F)ccc1Cl)c1cc(N2CCCCC2)ncn1. The van der Waals surface area contributed by atoms with E-state index in [2.05, 4.69) is 20.2 Å². The van der Waals surface area contributed by atoms with Crippen LogP contribution in [0.5, 0.6) is 0 Å². The van der Waals surface area contributed by atoms with E-state index in [0.29, 0.717) is 5.82 Å². The smallest absolute Gasteiger partial charge is 0.357 e. The molecule has 0 spiro atoms. The van der Waals surface area contributed by atoms with Crippen molar-refractivity contribution in [1.29, 1.82) is 0 Å². The second-order valence-corrected chi connectivity index (χ2v) is 6.36. The lowest BCUT2D eigenvalue weighted by molar-refractivity contribution is -0.137. The Balaban J connectivity index is 1.80. The normalized spacial score (nSPS) is 15.0. The summed E-state index contributed by atoms with van der Waals surface area (Å²) < 4.78 is 38.5. The van der Waals surface area contributed by atoms with Gasteiger partial charge < -0.3 is 10.2 Å². The number of rotatable bonds is 3. The van der Waals surface area contributed by atoms with E-state index in [4.69, 9.17) is 11.6 Å². The molecule has 0 radical (unpaired) electrons. The van der Waals surface area contributed by atoms with Crippen LogP contribution in [0.3, 0.4) is 0 Å². The molecule has 1 saturated heterocycles. The second-order valence-electron chi connectivity index (χ2n) is 5.96. The van der Waals surface area contributed by atoms with Crippen molar-refractivity contribution < 1.29 is 18.0 Å². The van der Waals surface area contributed by atoms with Crippen LogP contribution in [0.4, 0.5) is 24.7 Å². The minimum atomic E-state index is -4.53. The second kappa shape index (κ2) is 7.49. The maximum Gasteiger partial charge on any atom is 0.416 e. The van der Waals surface area contributed by atoms with Gasteiger partial charge in [-0.15, -0.1) is 0 Å². The summed E-state index contributed by atoms with van der Waals surface area (Å²) in [6.45, 7) is 1.69. The molecule has 138 valence electrons. The van der Waals surface area contributed by atoms with Crippen LogP contribution in [-0.2, 0) is 6.18 Å². The summed E-state index contributed by atoms with van der Waals surface area (Å²) >= 11 is 5.91. The number of hydrogen-bond acceptors (Lipinski definition) is 4. The van der Waals surface area contributed by atoms with Gasteiger partial charge in [0.05, 0.1) is 16.3 Å². The number of hydrogen-bond donors (Lipinski definition) is 1. The Kier molecular flexibility index (Phi) is 5.31. The van der Waals surface area contributed by atoms with Gasteiger partial charge in [0.2, 0.25) is 0 Å². The molecule has 0 saturated carbocycles. The summed E-state index contributed by atoms with van der Waals surface area (Å²) in [7, 11) is 0. The standard InChI is InChI=1S/C17H16ClF3N4O/c18-12-5-4-11(17(19,20)21)8-13(12)24-16(26)14-9-15(23-10-22-14)25-6-2-1-3-7-25/h4-5,8-10H,1-3,6-7H2,(H,24,26). The summed E-state index contributed by atoms with van der Waals surface area (Å²) in [4.78, 5) is 22.5. The Morgan fingerprint density at radius 2 is 1.85 bits per heavy atom. The maximum absolute atomic E-state index is 12.8. The van der Waals surface area contributed by atoms with Gasteiger partial charge in [0.15, 0.2) is 0 Å². The quantitative estimate of drug-likeness (QED) is 0.852. The minimum Gasteiger partial charge on any atom is -0.357 e. The molecule has 9 heteroatoms. The Labute approximate surface area is 153 Å². The lowest BCUT2D eigenvalue weighted by atomic mass is 10.1. The molecule has 0 atom stereocenters. The molecule has 1 aliphatic rings. The van der Waals surface area contributed by atoms with E-state index in [-0.39, 0.29) is 16.4 Å². The molecule has 3 rings (SSSR count). The van der Waals surface area contributed by atoms with Gasteiger partial charge in [-0.3, -0.25) is 4.79 Å². The fraction of sp³-hybridized carbons (Fsp3) is 0.353. The number of piperidine rings is 1. The number of amides is 1. The van der Waals surface area contributed by atoms with Crippen molar-refractivity contribution in [2.75, 3.05) is 23.3 Å². The number of anilines is 2. The first-order chi connectivity index (χ1) is 12.3. The Hall–Kier alpha value is -2.35. The first-order valence-electron chi connectivity index (χ1n) is 8.10. The zero-order valence-corrected chi connectivity index (χ0v) is 14.4. The Bertz CT molecular complexity index is 807. The molecule has 1 aromatic heterocycles. The number of nitrogens with one attached hydrogen (secondary N) is 1. The third-order valence-electron chi connectivity index (χ3n) is 4.11. The highest BCUT2D eigenvalue weighted by molar-refractivity contribution is 6.33. The number of alkyl halides is 3. The van der Waals surface area contributed by atoms with E-state index in [1.807, 2.05) is 0 Å². The van der Waals surface area contributed by atoms with E-state index in [9.17, 15) is 18.0 Å². The van der Waals surface area contributed by atoms with Crippen molar-refractivity contribution in [2.45, 2.75) is 25.4 Å². The number of benzene rings is 1. The van der Waals surface area contributed by atoms with Crippen LogP contribution < -0.4 is 10.2 Å². The van der Waals surface area contributed by atoms with Crippen LogP contribution in [0.25, 0.3) is 0 Å². The first-order valence-corrected chi connectivity index (χ1v) is 8.47. The molecule has 1 aromatic carbocycles. The van der Waals surface area contributed by atoms with E-state index >= 15 is 0 Å². The molecule has 2 heterocycles. The Morgan fingerprint density at radius 1 is 1.12 bits per heavy atom. The van der Waals surface area contributed by atoms with E-state index < -0.39 is 17.6 Å². The molecule has 0 bridgehead atoms. The highest BCUT2D eigenvalue weighted by Crippen LogP contribution is 2.34. The molecule has 1 aliphatic heterocycles. The van der Waals surface area contributed by atoms with Crippen molar-refractivity contribution in [2.24, 2.45) is 0 Å². The van der Waals surface area contributed by atoms with Gasteiger partial charge in [0, 0.05) is 19.2 Å². The van der Waals surface area contributed by atoms with Crippen LogP contribution in [-0.4, -0.2) is 29.0 Å². The molecule has 26 heavy (non-hydrogen) atoms. The average Bonchev–Trinajstić information content (AvgIpc) is 2.63. The number of aromatic nitrogens is 2. The summed E-state index contributed by atoms with van der Waals surface area (Å²) in [5.41, 5.74) is -0.951. The van der Waals surface area contributed by atoms with Crippen molar-refractivity contribution in [3.05, 3.63) is 46.9 Å². The minimum absolute atomic E-state index is 0.0108. The van der Waals surface area contributed by atoms with Crippen molar-refractivity contribution >= 4 is 29.0 Å². The number of nitrogens with zero attached hydrogens (tertiary/aromatic N) is 3. The van der Waals surface area contributed by atoms with Gasteiger partial charge in [-0.2, -0.15) is 13.2 Å². The monoisotopic (exact) mass is 384 g/mol. The summed E-state index contributed by atoms with van der Waals surface area (Å²) in [5.74, 6) is -0.0214. The van der Waals surface area contributed by atoms with Gasteiger partial charge in [0.25, 0.3) is 5.91 Å². The van der Waals surface area contributed by atoms with Gasteiger partial charge in [-0.05, 0) is 37.5 Å². The highest BCUT2D eigenvalue weighted by atomic mass is 35.5. The predicted molar refractivity (Wildman–Crippen MR) is 92.5 cm³/mol. The van der Waals surface area contributed by atoms with E-state index in [1.54, 1.807) is 0 Å². The first kappa shape index (κ1) is 18.4.